The van der Waals surface area contributed by atoms with Gasteiger partial charge >= 0.3 is 0 Å². The van der Waals surface area contributed by atoms with Crippen molar-refractivity contribution in [3.8, 4) is 5.75 Å². The van der Waals surface area contributed by atoms with E-state index in [1.807, 2.05) is 49.4 Å². The molecule has 2 heterocycles. The molecule has 3 aromatic rings. The number of hydrogen-bond acceptors (Lipinski definition) is 4. The maximum atomic E-state index is 12.0. The molecule has 4 rings (SSSR count). The highest BCUT2D eigenvalue weighted by Gasteiger charge is 2.24. The van der Waals surface area contributed by atoms with E-state index in [9.17, 15) is 4.79 Å². The number of benzene rings is 2. The van der Waals surface area contributed by atoms with Crippen molar-refractivity contribution in [2.75, 3.05) is 24.3 Å². The lowest BCUT2D eigenvalue weighted by molar-refractivity contribution is -0.116. The van der Waals surface area contributed by atoms with Crippen molar-refractivity contribution in [3.05, 3.63) is 59.8 Å². The lowest BCUT2D eigenvalue weighted by Gasteiger charge is -2.26. The van der Waals surface area contributed by atoms with Crippen LogP contribution in [0.25, 0.3) is 10.9 Å². The molecule has 2 N–H and O–H groups in total. The normalized spacial score (nSPS) is 16.1. The summed E-state index contributed by atoms with van der Waals surface area (Å²) in [4.78, 5) is 16.7. The van der Waals surface area contributed by atoms with Gasteiger partial charge in [-0.15, -0.1) is 0 Å². The largest absolute Gasteiger partial charge is 0.494 e. The van der Waals surface area contributed by atoms with E-state index in [0.29, 0.717) is 13.0 Å². The predicted molar refractivity (Wildman–Crippen MR) is 104 cm³/mol. The van der Waals surface area contributed by atoms with Gasteiger partial charge in [0.1, 0.15) is 11.3 Å². The first-order chi connectivity index (χ1) is 12.7. The van der Waals surface area contributed by atoms with E-state index in [-0.39, 0.29) is 11.8 Å². The van der Waals surface area contributed by atoms with Gasteiger partial charge in [-0.05, 0) is 30.7 Å². The van der Waals surface area contributed by atoms with Crippen molar-refractivity contribution in [3.63, 3.8) is 0 Å². The van der Waals surface area contributed by atoms with Gasteiger partial charge in [0, 0.05) is 41.3 Å². The summed E-state index contributed by atoms with van der Waals surface area (Å²) in [6.45, 7) is 2.65. The monoisotopic (exact) mass is 347 g/mol. The number of aryl methyl sites for hydroxylation is 1. The zero-order valence-electron chi connectivity index (χ0n) is 14.9. The Morgan fingerprint density at radius 2 is 2.08 bits per heavy atom. The fourth-order valence-electron chi connectivity index (χ4n) is 3.58. The number of rotatable bonds is 4. The summed E-state index contributed by atoms with van der Waals surface area (Å²) in [6.07, 6.45) is 0.481. The van der Waals surface area contributed by atoms with Crippen molar-refractivity contribution in [2.24, 2.45) is 0 Å². The minimum atomic E-state index is 0.0629. The van der Waals surface area contributed by atoms with Crippen LogP contribution >= 0.6 is 0 Å². The minimum absolute atomic E-state index is 0.0629. The maximum absolute atomic E-state index is 12.0. The highest BCUT2D eigenvalue weighted by Crippen LogP contribution is 2.34. The zero-order chi connectivity index (χ0) is 18.1. The third kappa shape index (κ3) is 2.96. The molecular formula is C21H21N3O2. The molecular weight excluding hydrogens is 326 g/mol. The Hall–Kier alpha value is -3.08. The number of methoxy groups -OCH3 is 1. The molecule has 2 aromatic carbocycles. The molecule has 0 fully saturated rings. The number of carbonyl (C=O) groups excluding carboxylic acids is 1. The molecule has 0 saturated carbocycles. The molecule has 1 aromatic heterocycles. The lowest BCUT2D eigenvalue weighted by atomic mass is 9.90. The summed E-state index contributed by atoms with van der Waals surface area (Å²) in [5.74, 6) is 0.957. The summed E-state index contributed by atoms with van der Waals surface area (Å²) >= 11 is 0. The van der Waals surface area contributed by atoms with Crippen LogP contribution in [0.1, 0.15) is 23.6 Å². The van der Waals surface area contributed by atoms with Crippen molar-refractivity contribution >= 4 is 28.2 Å². The molecule has 1 unspecified atom stereocenters. The molecule has 26 heavy (non-hydrogen) atoms. The second-order valence-electron chi connectivity index (χ2n) is 6.59. The Morgan fingerprint density at radius 3 is 2.92 bits per heavy atom. The SMILES string of the molecule is COc1cccc2c(NCC3CC(=O)Nc4ccccc43)cc(C)nc12. The molecule has 1 amide bonds. The zero-order valence-corrected chi connectivity index (χ0v) is 14.9. The van der Waals surface area contributed by atoms with Crippen LogP contribution in [0.4, 0.5) is 11.4 Å². The van der Waals surface area contributed by atoms with Crippen LogP contribution in [-0.2, 0) is 4.79 Å². The van der Waals surface area contributed by atoms with Crippen LogP contribution in [0.5, 0.6) is 5.75 Å². The predicted octanol–water partition coefficient (Wildman–Crippen LogP) is 4.09. The molecule has 0 radical (unpaired) electrons. The summed E-state index contributed by atoms with van der Waals surface area (Å²) in [7, 11) is 1.66. The summed E-state index contributed by atoms with van der Waals surface area (Å²) in [5, 5.41) is 7.50. The number of fused-ring (bicyclic) bond motifs is 2. The number of pyridine rings is 1. The van der Waals surface area contributed by atoms with E-state index < -0.39 is 0 Å². The first kappa shape index (κ1) is 16.4. The molecule has 132 valence electrons. The Balaban J connectivity index is 1.66. The molecule has 5 heteroatoms. The molecule has 5 nitrogen and oxygen atoms in total. The van der Waals surface area contributed by atoms with Gasteiger partial charge < -0.3 is 15.4 Å². The van der Waals surface area contributed by atoms with E-state index in [4.69, 9.17) is 4.74 Å². The number of para-hydroxylation sites is 2. The van der Waals surface area contributed by atoms with Gasteiger partial charge in [-0.25, -0.2) is 4.98 Å². The number of nitrogens with one attached hydrogen (secondary N) is 2. The second kappa shape index (κ2) is 6.67. The Morgan fingerprint density at radius 1 is 1.23 bits per heavy atom. The molecule has 0 saturated heterocycles. The molecule has 1 atom stereocenters. The summed E-state index contributed by atoms with van der Waals surface area (Å²) in [6, 6.07) is 16.0. The van der Waals surface area contributed by atoms with Crippen LogP contribution in [0.2, 0.25) is 0 Å². The van der Waals surface area contributed by atoms with E-state index >= 15 is 0 Å². The number of nitrogens with zero attached hydrogens (tertiary/aromatic N) is 1. The highest BCUT2D eigenvalue weighted by molar-refractivity contribution is 5.96. The lowest BCUT2D eigenvalue weighted by Crippen LogP contribution is -2.26. The van der Waals surface area contributed by atoms with Gasteiger partial charge in [-0.1, -0.05) is 30.3 Å². The number of aromatic nitrogens is 1. The molecule has 0 aliphatic carbocycles. The van der Waals surface area contributed by atoms with Crippen molar-refractivity contribution < 1.29 is 9.53 Å². The van der Waals surface area contributed by atoms with E-state index in [1.54, 1.807) is 7.11 Å². The number of carbonyl (C=O) groups is 1. The van der Waals surface area contributed by atoms with Crippen molar-refractivity contribution in [1.29, 1.82) is 0 Å². The fourth-order valence-corrected chi connectivity index (χ4v) is 3.58. The van der Waals surface area contributed by atoms with Gasteiger partial charge in [-0.2, -0.15) is 0 Å². The van der Waals surface area contributed by atoms with Gasteiger partial charge in [0.2, 0.25) is 5.91 Å². The molecule has 0 spiro atoms. The van der Waals surface area contributed by atoms with Crippen molar-refractivity contribution in [1.82, 2.24) is 4.98 Å². The standard InChI is InChI=1S/C21H21N3O2/c1-13-10-18(16-7-5-9-19(26-2)21(16)23-13)22-12-14-11-20(25)24-17-8-4-3-6-15(14)17/h3-10,14H,11-12H2,1-2H3,(H,22,23)(H,24,25). The first-order valence-electron chi connectivity index (χ1n) is 8.72. The topological polar surface area (TPSA) is 63.2 Å². The number of anilines is 2. The Labute approximate surface area is 152 Å². The van der Waals surface area contributed by atoms with Crippen LogP contribution in [0.3, 0.4) is 0 Å². The van der Waals surface area contributed by atoms with Gasteiger partial charge in [0.15, 0.2) is 0 Å². The Kier molecular flexibility index (Phi) is 4.21. The van der Waals surface area contributed by atoms with Gasteiger partial charge in [-0.3, -0.25) is 4.79 Å². The number of amides is 1. The maximum Gasteiger partial charge on any atom is 0.225 e. The Bertz CT molecular complexity index is 984. The summed E-state index contributed by atoms with van der Waals surface area (Å²) < 4.78 is 5.45. The van der Waals surface area contributed by atoms with Gasteiger partial charge in [0.05, 0.1) is 7.11 Å². The highest BCUT2D eigenvalue weighted by atomic mass is 16.5. The number of hydrogen-bond donors (Lipinski definition) is 2. The van der Waals surface area contributed by atoms with Crippen LogP contribution < -0.4 is 15.4 Å². The quantitative estimate of drug-likeness (QED) is 0.746. The minimum Gasteiger partial charge on any atom is -0.494 e. The van der Waals surface area contributed by atoms with E-state index in [1.165, 1.54) is 5.56 Å². The smallest absolute Gasteiger partial charge is 0.225 e. The van der Waals surface area contributed by atoms with E-state index in [2.05, 4.69) is 21.7 Å². The first-order valence-corrected chi connectivity index (χ1v) is 8.72. The second-order valence-corrected chi connectivity index (χ2v) is 6.59. The van der Waals surface area contributed by atoms with Crippen molar-refractivity contribution in [2.45, 2.75) is 19.3 Å². The third-order valence-corrected chi connectivity index (χ3v) is 4.80. The molecule has 1 aliphatic rings. The van der Waals surface area contributed by atoms with Crippen LogP contribution in [-0.4, -0.2) is 24.5 Å². The summed E-state index contributed by atoms with van der Waals surface area (Å²) in [5.41, 5.74) is 4.86. The molecule has 1 aliphatic heterocycles. The number of ether oxygens (including phenoxy) is 1. The van der Waals surface area contributed by atoms with E-state index in [0.717, 1.165) is 33.7 Å². The van der Waals surface area contributed by atoms with Gasteiger partial charge in [0.25, 0.3) is 0 Å². The average Bonchev–Trinajstić information content (AvgIpc) is 2.65. The van der Waals surface area contributed by atoms with Crippen LogP contribution in [0, 0.1) is 6.92 Å². The average molecular weight is 347 g/mol. The third-order valence-electron chi connectivity index (χ3n) is 4.80. The fraction of sp³-hybridized carbons (Fsp3) is 0.238. The van der Waals surface area contributed by atoms with Crippen LogP contribution in [0.15, 0.2) is 48.5 Å². The molecule has 0 bridgehead atoms.